The van der Waals surface area contributed by atoms with Crippen LogP contribution in [-0.2, 0) is 9.59 Å². The Kier molecular flexibility index (Phi) is 5.92. The third-order valence-electron chi connectivity index (χ3n) is 4.28. The minimum Gasteiger partial charge on any atom is -0.480 e. The highest BCUT2D eigenvalue weighted by Gasteiger charge is 2.44. The van der Waals surface area contributed by atoms with E-state index in [1.807, 2.05) is 0 Å². The van der Waals surface area contributed by atoms with Gasteiger partial charge in [0.25, 0.3) is 11.8 Å². The number of carboxylic acids is 1. The first-order chi connectivity index (χ1) is 12.3. The largest absolute Gasteiger partial charge is 0.480 e. The van der Waals surface area contributed by atoms with Crippen LogP contribution in [0.3, 0.4) is 0 Å². The smallest absolute Gasteiger partial charge is 0.326 e. The average Bonchev–Trinajstić information content (AvgIpc) is 2.84. The maximum atomic E-state index is 12.7. The molecular formula is C19H22N2O5. The standard InChI is InChI=1S/C19H22N2O5/c1-4-5-10-14(19(25)26)20-16(22)15(11(2)3)21-17(23)12-8-6-7-9-13(12)18(21)24/h4,6-9,11,14-15H,1,5,10H2,2-3H3,(H,20,22)(H,25,26). The molecule has 0 bridgehead atoms. The molecule has 0 saturated heterocycles. The maximum absolute atomic E-state index is 12.7. The lowest BCUT2D eigenvalue weighted by Gasteiger charge is -2.29. The Bertz CT molecular complexity index is 721. The van der Waals surface area contributed by atoms with Crippen LogP contribution >= 0.6 is 0 Å². The molecule has 0 radical (unpaired) electrons. The first-order valence-corrected chi connectivity index (χ1v) is 8.40. The Morgan fingerprint density at radius 3 is 2.15 bits per heavy atom. The van der Waals surface area contributed by atoms with E-state index < -0.39 is 35.8 Å². The van der Waals surface area contributed by atoms with Gasteiger partial charge in [-0.05, 0) is 30.9 Å². The molecule has 7 nitrogen and oxygen atoms in total. The number of carbonyl (C=O) groups excluding carboxylic acids is 3. The summed E-state index contributed by atoms with van der Waals surface area (Å²) in [6.07, 6.45) is 2.15. The molecule has 2 unspecified atom stereocenters. The van der Waals surface area contributed by atoms with E-state index in [1.54, 1.807) is 32.1 Å². The van der Waals surface area contributed by atoms with Crippen molar-refractivity contribution in [1.29, 1.82) is 0 Å². The Morgan fingerprint density at radius 1 is 1.19 bits per heavy atom. The number of fused-ring (bicyclic) bond motifs is 1. The number of benzene rings is 1. The minimum atomic E-state index is -1.18. The molecule has 0 aliphatic carbocycles. The van der Waals surface area contributed by atoms with Crippen molar-refractivity contribution in [2.45, 2.75) is 38.8 Å². The number of amides is 3. The van der Waals surface area contributed by atoms with Crippen LogP contribution in [0.25, 0.3) is 0 Å². The van der Waals surface area contributed by atoms with Gasteiger partial charge in [-0.1, -0.05) is 32.1 Å². The predicted molar refractivity (Wildman–Crippen MR) is 94.6 cm³/mol. The number of allylic oxidation sites excluding steroid dienone is 1. The fraction of sp³-hybridized carbons (Fsp3) is 0.368. The van der Waals surface area contributed by atoms with E-state index in [4.69, 9.17) is 0 Å². The van der Waals surface area contributed by atoms with Crippen molar-refractivity contribution < 1.29 is 24.3 Å². The summed E-state index contributed by atoms with van der Waals surface area (Å²) in [5.41, 5.74) is 0.495. The fourth-order valence-electron chi connectivity index (χ4n) is 2.98. The van der Waals surface area contributed by atoms with Crippen molar-refractivity contribution in [3.8, 4) is 0 Å². The molecule has 2 atom stereocenters. The molecule has 1 aromatic rings. The lowest BCUT2D eigenvalue weighted by atomic mass is 10.0. The zero-order valence-corrected chi connectivity index (χ0v) is 14.8. The van der Waals surface area contributed by atoms with Gasteiger partial charge in [-0.25, -0.2) is 4.79 Å². The highest BCUT2D eigenvalue weighted by atomic mass is 16.4. The van der Waals surface area contributed by atoms with Gasteiger partial charge < -0.3 is 10.4 Å². The summed E-state index contributed by atoms with van der Waals surface area (Å²) in [5.74, 6) is -3.31. The second-order valence-electron chi connectivity index (χ2n) is 6.48. The maximum Gasteiger partial charge on any atom is 0.326 e. The second-order valence-corrected chi connectivity index (χ2v) is 6.48. The normalized spacial score (nSPS) is 15.6. The summed E-state index contributed by atoms with van der Waals surface area (Å²) in [5, 5.41) is 11.7. The van der Waals surface area contributed by atoms with Crippen LogP contribution in [0.2, 0.25) is 0 Å². The van der Waals surface area contributed by atoms with Crippen LogP contribution in [0.15, 0.2) is 36.9 Å². The van der Waals surface area contributed by atoms with E-state index in [2.05, 4.69) is 11.9 Å². The van der Waals surface area contributed by atoms with Crippen molar-refractivity contribution >= 4 is 23.7 Å². The third-order valence-corrected chi connectivity index (χ3v) is 4.28. The summed E-state index contributed by atoms with van der Waals surface area (Å²) in [7, 11) is 0. The summed E-state index contributed by atoms with van der Waals surface area (Å²) in [4.78, 5) is 50.3. The molecule has 1 aromatic carbocycles. The first kappa shape index (κ1) is 19.4. The number of aliphatic carboxylic acids is 1. The molecule has 0 spiro atoms. The van der Waals surface area contributed by atoms with E-state index in [-0.39, 0.29) is 23.5 Å². The van der Waals surface area contributed by atoms with E-state index in [0.717, 1.165) is 4.90 Å². The van der Waals surface area contributed by atoms with Crippen LogP contribution in [-0.4, -0.2) is 45.8 Å². The molecule has 1 aliphatic rings. The molecule has 7 heteroatoms. The summed E-state index contributed by atoms with van der Waals surface area (Å²) in [6, 6.07) is 4.16. The van der Waals surface area contributed by atoms with Gasteiger partial charge in [0.2, 0.25) is 5.91 Å². The number of nitrogens with zero attached hydrogens (tertiary/aromatic N) is 1. The van der Waals surface area contributed by atoms with E-state index in [0.29, 0.717) is 6.42 Å². The van der Waals surface area contributed by atoms with E-state index in [9.17, 15) is 24.3 Å². The number of carbonyl (C=O) groups is 4. The molecule has 2 N–H and O–H groups in total. The second kappa shape index (κ2) is 7.95. The van der Waals surface area contributed by atoms with Gasteiger partial charge in [0, 0.05) is 0 Å². The molecule has 138 valence electrons. The molecule has 2 rings (SSSR count). The quantitative estimate of drug-likeness (QED) is 0.545. The summed E-state index contributed by atoms with van der Waals surface area (Å²) >= 11 is 0. The SMILES string of the molecule is C=CCCC(NC(=O)C(C(C)C)N1C(=O)c2ccccc2C1=O)C(=O)O. The number of hydrogen-bond acceptors (Lipinski definition) is 4. The van der Waals surface area contributed by atoms with Gasteiger partial charge in [0.15, 0.2) is 0 Å². The molecule has 1 aliphatic heterocycles. The number of imide groups is 1. The number of carboxylic acid groups (broad SMARTS) is 1. The summed E-state index contributed by atoms with van der Waals surface area (Å²) < 4.78 is 0. The molecule has 0 aromatic heterocycles. The van der Waals surface area contributed by atoms with Crippen molar-refractivity contribution in [1.82, 2.24) is 10.2 Å². The number of hydrogen-bond donors (Lipinski definition) is 2. The topological polar surface area (TPSA) is 104 Å². The molecular weight excluding hydrogens is 336 g/mol. The first-order valence-electron chi connectivity index (χ1n) is 8.40. The Hall–Kier alpha value is -2.96. The Morgan fingerprint density at radius 2 is 1.73 bits per heavy atom. The Balaban J connectivity index is 2.28. The lowest BCUT2D eigenvalue weighted by molar-refractivity contribution is -0.142. The van der Waals surface area contributed by atoms with Gasteiger partial charge in [0.05, 0.1) is 11.1 Å². The number of nitrogens with one attached hydrogen (secondary N) is 1. The van der Waals surface area contributed by atoms with E-state index in [1.165, 1.54) is 12.1 Å². The van der Waals surface area contributed by atoms with Crippen molar-refractivity contribution in [2.24, 2.45) is 5.92 Å². The highest BCUT2D eigenvalue weighted by molar-refractivity contribution is 6.22. The van der Waals surface area contributed by atoms with Gasteiger partial charge in [-0.15, -0.1) is 6.58 Å². The molecule has 0 fully saturated rings. The van der Waals surface area contributed by atoms with Crippen LogP contribution in [0, 0.1) is 5.92 Å². The lowest BCUT2D eigenvalue weighted by Crippen LogP contribution is -2.55. The summed E-state index contributed by atoms with van der Waals surface area (Å²) in [6.45, 7) is 6.94. The Labute approximate surface area is 151 Å². The van der Waals surface area contributed by atoms with Gasteiger partial charge in [0.1, 0.15) is 12.1 Å². The van der Waals surface area contributed by atoms with Crippen LogP contribution in [0.4, 0.5) is 0 Å². The molecule has 3 amide bonds. The number of rotatable bonds is 8. The van der Waals surface area contributed by atoms with Crippen LogP contribution in [0.5, 0.6) is 0 Å². The predicted octanol–water partition coefficient (Wildman–Crippen LogP) is 1.84. The zero-order chi connectivity index (χ0) is 19.4. The van der Waals surface area contributed by atoms with Crippen LogP contribution < -0.4 is 5.32 Å². The van der Waals surface area contributed by atoms with E-state index >= 15 is 0 Å². The minimum absolute atomic E-state index is 0.178. The van der Waals surface area contributed by atoms with Crippen molar-refractivity contribution in [3.05, 3.63) is 48.0 Å². The van der Waals surface area contributed by atoms with Crippen LogP contribution in [0.1, 0.15) is 47.4 Å². The van der Waals surface area contributed by atoms with Crippen molar-refractivity contribution in [2.75, 3.05) is 0 Å². The van der Waals surface area contributed by atoms with Gasteiger partial charge in [-0.3, -0.25) is 19.3 Å². The zero-order valence-electron chi connectivity index (χ0n) is 14.8. The van der Waals surface area contributed by atoms with Crippen molar-refractivity contribution in [3.63, 3.8) is 0 Å². The van der Waals surface area contributed by atoms with Gasteiger partial charge >= 0.3 is 5.97 Å². The molecule has 26 heavy (non-hydrogen) atoms. The highest BCUT2D eigenvalue weighted by Crippen LogP contribution is 2.27. The fourth-order valence-corrected chi connectivity index (χ4v) is 2.98. The molecule has 1 heterocycles. The molecule has 0 saturated carbocycles. The average molecular weight is 358 g/mol. The van der Waals surface area contributed by atoms with Gasteiger partial charge in [-0.2, -0.15) is 0 Å². The third kappa shape index (κ3) is 3.66. The monoisotopic (exact) mass is 358 g/mol.